The number of likely N-dealkylation sites (tertiary alicyclic amines) is 1. The number of aromatic amines is 1. The van der Waals surface area contributed by atoms with E-state index >= 15 is 0 Å². The van der Waals surface area contributed by atoms with Gasteiger partial charge in [0.25, 0.3) is 0 Å². The summed E-state index contributed by atoms with van der Waals surface area (Å²) in [5, 5.41) is 7.18. The number of nitrogens with zero attached hydrogens (tertiary/aromatic N) is 3. The Hall–Kier alpha value is -1.63. The van der Waals surface area contributed by atoms with E-state index in [-0.39, 0.29) is 6.09 Å². The van der Waals surface area contributed by atoms with Gasteiger partial charge in [-0.25, -0.2) is 9.78 Å². The molecule has 118 valence electrons. The number of hydrogen-bond acceptors (Lipinski definition) is 5. The first-order valence-corrected chi connectivity index (χ1v) is 7.48. The molecule has 0 bridgehead atoms. The second-order valence-electron chi connectivity index (χ2n) is 6.42. The molecule has 0 aromatic carbocycles. The zero-order chi connectivity index (χ0) is 15.5. The summed E-state index contributed by atoms with van der Waals surface area (Å²) in [6, 6.07) is 0. The predicted octanol–water partition coefficient (Wildman–Crippen LogP) is 1.42. The van der Waals surface area contributed by atoms with Crippen LogP contribution in [0.4, 0.5) is 4.79 Å². The molecule has 1 aromatic rings. The van der Waals surface area contributed by atoms with Crippen molar-refractivity contribution in [3.8, 4) is 0 Å². The van der Waals surface area contributed by atoms with E-state index in [1.54, 1.807) is 4.90 Å². The Labute approximate surface area is 125 Å². The Bertz CT molecular complexity index is 472. The quantitative estimate of drug-likeness (QED) is 0.879. The Morgan fingerprint density at radius 3 is 2.67 bits per heavy atom. The Morgan fingerprint density at radius 1 is 1.43 bits per heavy atom. The molecule has 0 unspecified atom stereocenters. The van der Waals surface area contributed by atoms with E-state index in [1.807, 2.05) is 20.8 Å². The van der Waals surface area contributed by atoms with Gasteiger partial charge in [0, 0.05) is 25.4 Å². The van der Waals surface area contributed by atoms with Gasteiger partial charge in [0.05, 0.1) is 0 Å². The first kappa shape index (κ1) is 15.8. The smallest absolute Gasteiger partial charge is 0.410 e. The van der Waals surface area contributed by atoms with Crippen molar-refractivity contribution in [3.05, 3.63) is 11.6 Å². The van der Waals surface area contributed by atoms with Crippen LogP contribution in [0.15, 0.2) is 0 Å². The molecular weight excluding hydrogens is 270 g/mol. The predicted molar refractivity (Wildman–Crippen MR) is 78.9 cm³/mol. The third-order valence-corrected chi connectivity index (χ3v) is 3.44. The molecule has 2 heterocycles. The number of H-pyrrole nitrogens is 1. The first-order chi connectivity index (χ1) is 9.89. The molecule has 1 amide bonds. The molecule has 0 atom stereocenters. The highest BCUT2D eigenvalue weighted by molar-refractivity contribution is 5.68. The molecule has 21 heavy (non-hydrogen) atoms. The van der Waals surface area contributed by atoms with E-state index in [0.29, 0.717) is 32.0 Å². The van der Waals surface area contributed by atoms with Crippen LogP contribution < -0.4 is 5.73 Å². The van der Waals surface area contributed by atoms with Gasteiger partial charge in [0.2, 0.25) is 0 Å². The highest BCUT2D eigenvalue weighted by Crippen LogP contribution is 2.26. The van der Waals surface area contributed by atoms with Crippen molar-refractivity contribution in [3.63, 3.8) is 0 Å². The summed E-state index contributed by atoms with van der Waals surface area (Å²) in [7, 11) is 0. The fourth-order valence-electron chi connectivity index (χ4n) is 2.39. The molecule has 7 nitrogen and oxygen atoms in total. The molecule has 1 fully saturated rings. The average Bonchev–Trinajstić information content (AvgIpc) is 2.86. The molecule has 1 aliphatic heterocycles. The standard InChI is InChI=1S/C14H25N5O2/c1-14(2,3)21-13(20)19-8-5-10(6-9-19)12-16-11(4-7-15)17-18-12/h10H,4-9,15H2,1-3H3,(H,16,17,18). The van der Waals surface area contributed by atoms with Crippen molar-refractivity contribution in [2.75, 3.05) is 19.6 Å². The summed E-state index contributed by atoms with van der Waals surface area (Å²) in [4.78, 5) is 18.2. The third-order valence-electron chi connectivity index (χ3n) is 3.44. The van der Waals surface area contributed by atoms with Crippen LogP contribution in [0.3, 0.4) is 0 Å². The van der Waals surface area contributed by atoms with Crippen LogP contribution in [0, 0.1) is 0 Å². The molecule has 0 saturated carbocycles. The number of amides is 1. The maximum absolute atomic E-state index is 12.0. The Kier molecular flexibility index (Phi) is 4.82. The lowest BCUT2D eigenvalue weighted by Gasteiger charge is -2.32. The maximum Gasteiger partial charge on any atom is 0.410 e. The number of nitrogens with one attached hydrogen (secondary N) is 1. The van der Waals surface area contributed by atoms with E-state index < -0.39 is 5.60 Å². The van der Waals surface area contributed by atoms with E-state index in [2.05, 4.69) is 15.2 Å². The normalized spacial score (nSPS) is 17.0. The van der Waals surface area contributed by atoms with E-state index in [1.165, 1.54) is 0 Å². The van der Waals surface area contributed by atoms with Crippen molar-refractivity contribution in [1.82, 2.24) is 20.1 Å². The minimum absolute atomic E-state index is 0.236. The van der Waals surface area contributed by atoms with E-state index in [4.69, 9.17) is 10.5 Å². The molecule has 3 N–H and O–H groups in total. The van der Waals surface area contributed by atoms with Gasteiger partial charge in [0.1, 0.15) is 11.4 Å². The van der Waals surface area contributed by atoms with Crippen LogP contribution in [0.1, 0.15) is 51.2 Å². The molecule has 2 rings (SSSR count). The lowest BCUT2D eigenvalue weighted by atomic mass is 9.96. The summed E-state index contributed by atoms with van der Waals surface area (Å²) in [6.45, 7) is 7.56. The van der Waals surface area contributed by atoms with Crippen LogP contribution in [0.25, 0.3) is 0 Å². The molecule has 7 heteroatoms. The lowest BCUT2D eigenvalue weighted by molar-refractivity contribution is 0.0203. The molecule has 0 spiro atoms. The summed E-state index contributed by atoms with van der Waals surface area (Å²) in [6.07, 6.45) is 2.20. The number of ether oxygens (including phenoxy) is 1. The topological polar surface area (TPSA) is 97.1 Å². The number of aromatic nitrogens is 3. The first-order valence-electron chi connectivity index (χ1n) is 7.48. The fourth-order valence-corrected chi connectivity index (χ4v) is 2.39. The minimum atomic E-state index is -0.450. The molecule has 1 aliphatic rings. The second-order valence-corrected chi connectivity index (χ2v) is 6.42. The minimum Gasteiger partial charge on any atom is -0.444 e. The van der Waals surface area contributed by atoms with Crippen molar-refractivity contribution < 1.29 is 9.53 Å². The summed E-state index contributed by atoms with van der Waals surface area (Å²) >= 11 is 0. The van der Waals surface area contributed by atoms with Crippen LogP contribution in [0.2, 0.25) is 0 Å². The summed E-state index contributed by atoms with van der Waals surface area (Å²) in [5.74, 6) is 1.97. The Morgan fingerprint density at radius 2 is 2.10 bits per heavy atom. The number of nitrogens with two attached hydrogens (primary N) is 1. The van der Waals surface area contributed by atoms with Gasteiger partial charge in [-0.1, -0.05) is 0 Å². The fraction of sp³-hybridized carbons (Fsp3) is 0.786. The van der Waals surface area contributed by atoms with Crippen LogP contribution >= 0.6 is 0 Å². The largest absolute Gasteiger partial charge is 0.444 e. The number of rotatable bonds is 3. The van der Waals surface area contributed by atoms with Gasteiger partial charge in [-0.15, -0.1) is 0 Å². The van der Waals surface area contributed by atoms with Crippen molar-refractivity contribution in [2.45, 2.75) is 51.6 Å². The zero-order valence-electron chi connectivity index (χ0n) is 13.1. The highest BCUT2D eigenvalue weighted by atomic mass is 16.6. The molecular formula is C14H25N5O2. The lowest BCUT2D eigenvalue weighted by Crippen LogP contribution is -2.41. The van der Waals surface area contributed by atoms with E-state index in [9.17, 15) is 4.79 Å². The van der Waals surface area contributed by atoms with Gasteiger partial charge < -0.3 is 15.4 Å². The maximum atomic E-state index is 12.0. The van der Waals surface area contributed by atoms with Crippen molar-refractivity contribution in [1.29, 1.82) is 0 Å². The zero-order valence-corrected chi connectivity index (χ0v) is 13.1. The highest BCUT2D eigenvalue weighted by Gasteiger charge is 2.29. The van der Waals surface area contributed by atoms with Crippen molar-refractivity contribution in [2.24, 2.45) is 5.73 Å². The Balaban J connectivity index is 1.86. The monoisotopic (exact) mass is 295 g/mol. The van der Waals surface area contributed by atoms with Crippen LogP contribution in [-0.4, -0.2) is 51.4 Å². The molecule has 0 radical (unpaired) electrons. The molecule has 1 saturated heterocycles. The summed E-state index contributed by atoms with van der Waals surface area (Å²) in [5.41, 5.74) is 5.05. The van der Waals surface area contributed by atoms with Gasteiger partial charge >= 0.3 is 6.09 Å². The molecule has 1 aromatic heterocycles. The van der Waals surface area contributed by atoms with Gasteiger partial charge in [-0.05, 0) is 40.2 Å². The number of carbonyl (C=O) groups is 1. The van der Waals surface area contributed by atoms with E-state index in [0.717, 1.165) is 24.5 Å². The summed E-state index contributed by atoms with van der Waals surface area (Å²) < 4.78 is 5.39. The number of piperidine rings is 1. The number of carbonyl (C=O) groups excluding carboxylic acids is 1. The number of hydrogen-bond donors (Lipinski definition) is 2. The SMILES string of the molecule is CC(C)(C)OC(=O)N1CCC(c2n[nH]c(CCN)n2)CC1. The van der Waals surface area contributed by atoms with Crippen molar-refractivity contribution >= 4 is 6.09 Å². The van der Waals surface area contributed by atoms with Gasteiger partial charge in [0.15, 0.2) is 5.82 Å². The van der Waals surface area contributed by atoms with Gasteiger partial charge in [-0.2, -0.15) is 5.10 Å². The average molecular weight is 295 g/mol. The van der Waals surface area contributed by atoms with Crippen LogP contribution in [-0.2, 0) is 11.2 Å². The molecule has 0 aliphatic carbocycles. The third kappa shape index (κ3) is 4.42. The van der Waals surface area contributed by atoms with Crippen LogP contribution in [0.5, 0.6) is 0 Å². The van der Waals surface area contributed by atoms with Gasteiger partial charge in [-0.3, -0.25) is 5.10 Å². The second kappa shape index (κ2) is 6.43.